The fourth-order valence-electron chi connectivity index (χ4n) is 3.52. The van der Waals surface area contributed by atoms with Crippen molar-refractivity contribution in [2.24, 2.45) is 7.05 Å². The van der Waals surface area contributed by atoms with E-state index in [1.54, 1.807) is 4.68 Å². The van der Waals surface area contributed by atoms with Gasteiger partial charge in [-0.2, -0.15) is 15.1 Å². The number of aryl methyl sites for hydroxylation is 3. The fraction of sp³-hybridized carbons (Fsp3) is 0.450. The van der Waals surface area contributed by atoms with Gasteiger partial charge >= 0.3 is 0 Å². The highest BCUT2D eigenvalue weighted by molar-refractivity contribution is 5.89. The highest BCUT2D eigenvalue weighted by atomic mass is 16.3. The Morgan fingerprint density at radius 2 is 1.86 bits per heavy atom. The molecule has 1 aliphatic heterocycles. The van der Waals surface area contributed by atoms with Crippen LogP contribution in [0.15, 0.2) is 24.4 Å². The predicted octanol–water partition coefficient (Wildman–Crippen LogP) is 1.84. The van der Waals surface area contributed by atoms with Crippen LogP contribution >= 0.6 is 0 Å². The number of fused-ring (bicyclic) bond motifs is 1. The molecule has 0 aliphatic carbocycles. The molecule has 3 aromatic rings. The van der Waals surface area contributed by atoms with Gasteiger partial charge < -0.3 is 15.3 Å². The van der Waals surface area contributed by atoms with Gasteiger partial charge in [0.05, 0.1) is 18.2 Å². The zero-order valence-corrected chi connectivity index (χ0v) is 16.7. The summed E-state index contributed by atoms with van der Waals surface area (Å²) >= 11 is 0. The zero-order chi connectivity index (χ0) is 19.7. The van der Waals surface area contributed by atoms with Crippen LogP contribution in [0.5, 0.6) is 0 Å². The third-order valence-corrected chi connectivity index (χ3v) is 5.42. The molecule has 8 nitrogen and oxygen atoms in total. The minimum atomic E-state index is 0.196. The van der Waals surface area contributed by atoms with E-state index >= 15 is 0 Å². The Balaban J connectivity index is 1.65. The van der Waals surface area contributed by atoms with E-state index in [9.17, 15) is 0 Å². The van der Waals surface area contributed by atoms with E-state index < -0.39 is 0 Å². The lowest BCUT2D eigenvalue weighted by Crippen LogP contribution is -2.47. The number of nitrogens with zero attached hydrogens (tertiary/aromatic N) is 6. The third-order valence-electron chi connectivity index (χ3n) is 5.42. The number of aromatic nitrogens is 4. The van der Waals surface area contributed by atoms with Crippen LogP contribution in [0.4, 0.5) is 17.5 Å². The molecule has 0 radical (unpaired) electrons. The Kier molecular flexibility index (Phi) is 5.15. The van der Waals surface area contributed by atoms with Crippen LogP contribution in [0, 0.1) is 13.8 Å². The number of benzene rings is 1. The Hall–Kier alpha value is -2.71. The molecule has 1 aromatic carbocycles. The quantitative estimate of drug-likeness (QED) is 0.698. The molecule has 2 aromatic heterocycles. The van der Waals surface area contributed by atoms with Crippen LogP contribution in [-0.2, 0) is 7.05 Å². The first-order valence-corrected chi connectivity index (χ1v) is 9.67. The number of hydrogen-bond donors (Lipinski definition) is 2. The van der Waals surface area contributed by atoms with Crippen molar-refractivity contribution in [2.75, 3.05) is 49.5 Å². The van der Waals surface area contributed by atoms with Crippen molar-refractivity contribution in [3.8, 4) is 0 Å². The molecular weight excluding hydrogens is 354 g/mol. The average Bonchev–Trinajstić information content (AvgIpc) is 3.07. The molecule has 1 saturated heterocycles. The highest BCUT2D eigenvalue weighted by Gasteiger charge is 2.21. The maximum absolute atomic E-state index is 9.14. The van der Waals surface area contributed by atoms with Gasteiger partial charge in [-0.05, 0) is 37.1 Å². The molecular formula is C20H27N7O. The fourth-order valence-corrected chi connectivity index (χ4v) is 3.52. The SMILES string of the molecule is Cc1ccc(Nc2nc(N3CCN(CCO)CC3)nc3c2cnn3C)cc1C. The van der Waals surface area contributed by atoms with Gasteiger partial charge in [0.2, 0.25) is 5.95 Å². The summed E-state index contributed by atoms with van der Waals surface area (Å²) in [6.45, 7) is 8.60. The van der Waals surface area contributed by atoms with Gasteiger partial charge in [-0.25, -0.2) is 0 Å². The second kappa shape index (κ2) is 7.73. The van der Waals surface area contributed by atoms with Crippen molar-refractivity contribution in [2.45, 2.75) is 13.8 Å². The summed E-state index contributed by atoms with van der Waals surface area (Å²) in [6, 6.07) is 6.31. The number of anilines is 3. The highest BCUT2D eigenvalue weighted by Crippen LogP contribution is 2.27. The van der Waals surface area contributed by atoms with Gasteiger partial charge in [0.1, 0.15) is 5.82 Å². The van der Waals surface area contributed by atoms with Crippen LogP contribution in [0.2, 0.25) is 0 Å². The standard InChI is InChI=1S/C20H27N7O/c1-14-4-5-16(12-15(14)2)22-18-17-13-21-25(3)19(17)24-20(23-18)27-8-6-26(7-9-27)10-11-28/h4-5,12-13,28H,6-11H2,1-3H3,(H,22,23,24). The summed E-state index contributed by atoms with van der Waals surface area (Å²) in [5, 5.41) is 17.9. The summed E-state index contributed by atoms with van der Waals surface area (Å²) in [5.41, 5.74) is 4.32. The lowest BCUT2D eigenvalue weighted by atomic mass is 10.1. The topological polar surface area (TPSA) is 82.3 Å². The molecule has 2 N–H and O–H groups in total. The number of rotatable bonds is 5. The van der Waals surface area contributed by atoms with Gasteiger partial charge in [0.25, 0.3) is 0 Å². The first-order chi connectivity index (χ1) is 13.5. The lowest BCUT2D eigenvalue weighted by Gasteiger charge is -2.34. The summed E-state index contributed by atoms with van der Waals surface area (Å²) in [7, 11) is 1.90. The van der Waals surface area contributed by atoms with E-state index in [1.807, 2.05) is 13.2 Å². The van der Waals surface area contributed by atoms with E-state index in [0.29, 0.717) is 5.95 Å². The number of aliphatic hydroxyl groups is 1. The van der Waals surface area contributed by atoms with Gasteiger partial charge in [0.15, 0.2) is 5.65 Å². The normalized spacial score (nSPS) is 15.4. The number of hydrogen-bond acceptors (Lipinski definition) is 7. The minimum Gasteiger partial charge on any atom is -0.395 e. The number of aliphatic hydroxyl groups excluding tert-OH is 1. The Labute approximate surface area is 164 Å². The Morgan fingerprint density at radius 3 is 2.57 bits per heavy atom. The first kappa shape index (κ1) is 18.6. The van der Waals surface area contributed by atoms with Crippen LogP contribution in [0.3, 0.4) is 0 Å². The predicted molar refractivity (Wildman–Crippen MR) is 111 cm³/mol. The van der Waals surface area contributed by atoms with Crippen molar-refractivity contribution in [1.29, 1.82) is 0 Å². The van der Waals surface area contributed by atoms with Gasteiger partial charge in [-0.3, -0.25) is 9.58 Å². The number of piperazine rings is 1. The van der Waals surface area contributed by atoms with E-state index in [2.05, 4.69) is 52.3 Å². The molecule has 28 heavy (non-hydrogen) atoms. The molecule has 0 atom stereocenters. The van der Waals surface area contributed by atoms with Crippen molar-refractivity contribution in [3.05, 3.63) is 35.5 Å². The maximum atomic E-state index is 9.14. The Bertz CT molecular complexity index is 976. The Morgan fingerprint density at radius 1 is 1.07 bits per heavy atom. The van der Waals surface area contributed by atoms with Crippen molar-refractivity contribution < 1.29 is 5.11 Å². The molecule has 0 saturated carbocycles. The van der Waals surface area contributed by atoms with E-state index in [-0.39, 0.29) is 6.61 Å². The smallest absolute Gasteiger partial charge is 0.229 e. The molecule has 1 aliphatic rings. The molecule has 8 heteroatoms. The molecule has 0 spiro atoms. The summed E-state index contributed by atoms with van der Waals surface area (Å²) in [6.07, 6.45) is 1.81. The van der Waals surface area contributed by atoms with Gasteiger partial charge in [-0.1, -0.05) is 6.07 Å². The maximum Gasteiger partial charge on any atom is 0.229 e. The first-order valence-electron chi connectivity index (χ1n) is 9.67. The lowest BCUT2D eigenvalue weighted by molar-refractivity contribution is 0.188. The van der Waals surface area contributed by atoms with Crippen LogP contribution in [0.25, 0.3) is 11.0 Å². The molecule has 0 amide bonds. The number of β-amino-alcohol motifs (C(OH)–C–C–N with tert-alkyl or cyclic N) is 1. The second-order valence-electron chi connectivity index (χ2n) is 7.35. The van der Waals surface area contributed by atoms with Crippen LogP contribution in [0.1, 0.15) is 11.1 Å². The zero-order valence-electron chi connectivity index (χ0n) is 16.7. The third kappa shape index (κ3) is 3.65. The molecule has 0 bridgehead atoms. The average molecular weight is 381 g/mol. The summed E-state index contributed by atoms with van der Waals surface area (Å²) in [5.74, 6) is 1.49. The van der Waals surface area contributed by atoms with E-state index in [1.165, 1.54) is 11.1 Å². The van der Waals surface area contributed by atoms with Gasteiger partial charge in [0, 0.05) is 45.5 Å². The van der Waals surface area contributed by atoms with Crippen molar-refractivity contribution in [1.82, 2.24) is 24.6 Å². The summed E-state index contributed by atoms with van der Waals surface area (Å²) < 4.78 is 1.79. The van der Waals surface area contributed by atoms with Crippen molar-refractivity contribution in [3.63, 3.8) is 0 Å². The van der Waals surface area contributed by atoms with Crippen LogP contribution < -0.4 is 10.2 Å². The molecule has 1 fully saturated rings. The minimum absolute atomic E-state index is 0.196. The van der Waals surface area contributed by atoms with Gasteiger partial charge in [-0.15, -0.1) is 0 Å². The molecule has 4 rings (SSSR count). The molecule has 0 unspecified atom stereocenters. The van der Waals surface area contributed by atoms with E-state index in [0.717, 1.165) is 55.3 Å². The largest absolute Gasteiger partial charge is 0.395 e. The van der Waals surface area contributed by atoms with E-state index in [4.69, 9.17) is 15.1 Å². The molecule has 148 valence electrons. The second-order valence-corrected chi connectivity index (χ2v) is 7.35. The monoisotopic (exact) mass is 381 g/mol. The van der Waals surface area contributed by atoms with Crippen LogP contribution in [-0.4, -0.2) is 69.1 Å². The summed E-state index contributed by atoms with van der Waals surface area (Å²) in [4.78, 5) is 14.1. The number of nitrogens with one attached hydrogen (secondary N) is 1. The molecule has 3 heterocycles. The van der Waals surface area contributed by atoms with Crippen molar-refractivity contribution >= 4 is 28.5 Å².